The second-order valence-electron chi connectivity index (χ2n) is 7.49. The first kappa shape index (κ1) is 17.8. The smallest absolute Gasteiger partial charge is 0.160 e. The third-order valence-corrected chi connectivity index (χ3v) is 4.94. The van der Waals surface area contributed by atoms with Gasteiger partial charge >= 0.3 is 0 Å². The summed E-state index contributed by atoms with van der Waals surface area (Å²) in [6, 6.07) is 5.62. The first-order valence-electron chi connectivity index (χ1n) is 9.17. The largest absolute Gasteiger partial charge is 0.504 e. The minimum absolute atomic E-state index is 0.193. The van der Waals surface area contributed by atoms with E-state index >= 15 is 0 Å². The molecule has 1 aromatic carbocycles. The fraction of sp³-hybridized carbons (Fsp3) is 0.550. The van der Waals surface area contributed by atoms with Crippen LogP contribution < -0.4 is 4.74 Å². The van der Waals surface area contributed by atoms with Crippen LogP contribution in [0.15, 0.2) is 24.4 Å². The first-order chi connectivity index (χ1) is 12.1. The predicted molar refractivity (Wildman–Crippen MR) is 99.0 cm³/mol. The van der Waals surface area contributed by atoms with Crippen molar-refractivity contribution >= 4 is 0 Å². The number of nitrogens with one attached hydrogen (secondary N) is 1. The molecule has 2 aromatic rings. The number of piperidine rings is 1. The third kappa shape index (κ3) is 4.34. The van der Waals surface area contributed by atoms with Crippen LogP contribution in [0.2, 0.25) is 0 Å². The summed E-state index contributed by atoms with van der Waals surface area (Å²) in [5.41, 5.74) is 3.86. The van der Waals surface area contributed by atoms with Crippen LogP contribution in [0.1, 0.15) is 49.4 Å². The van der Waals surface area contributed by atoms with E-state index in [0.717, 1.165) is 26.1 Å². The number of rotatable bonds is 6. The van der Waals surface area contributed by atoms with Gasteiger partial charge in [-0.2, -0.15) is 5.10 Å². The molecule has 1 aliphatic heterocycles. The highest BCUT2D eigenvalue weighted by Crippen LogP contribution is 2.31. The van der Waals surface area contributed by atoms with Crippen molar-refractivity contribution in [3.8, 4) is 11.5 Å². The maximum Gasteiger partial charge on any atom is 0.160 e. The average molecular weight is 343 g/mol. The van der Waals surface area contributed by atoms with Crippen molar-refractivity contribution in [1.29, 1.82) is 0 Å². The van der Waals surface area contributed by atoms with Gasteiger partial charge in [-0.25, -0.2) is 0 Å². The molecule has 0 unspecified atom stereocenters. The van der Waals surface area contributed by atoms with Crippen molar-refractivity contribution in [3.63, 3.8) is 0 Å². The minimum atomic E-state index is 0.193. The van der Waals surface area contributed by atoms with E-state index in [1.54, 1.807) is 13.2 Å². The van der Waals surface area contributed by atoms with Gasteiger partial charge in [0.2, 0.25) is 0 Å². The van der Waals surface area contributed by atoms with Crippen LogP contribution in [0, 0.1) is 5.92 Å². The molecule has 25 heavy (non-hydrogen) atoms. The maximum absolute atomic E-state index is 9.76. The lowest BCUT2D eigenvalue weighted by molar-refractivity contribution is 0.197. The molecule has 5 heteroatoms. The van der Waals surface area contributed by atoms with Crippen molar-refractivity contribution in [2.75, 3.05) is 20.2 Å². The summed E-state index contributed by atoms with van der Waals surface area (Å²) in [5, 5.41) is 17.3. The standard InChI is InChI=1S/C20H29N3O2/c1-14(2)9-17-11-21-22-20(17)16-5-4-8-23(13-16)12-15-6-7-18(24)19(10-15)25-3/h6-7,10-11,14,16,24H,4-5,8-9,12-13H2,1-3H3,(H,21,22)/t16-/m1/s1. The molecule has 3 rings (SSSR count). The first-order valence-corrected chi connectivity index (χ1v) is 9.17. The number of aromatic nitrogens is 2. The summed E-state index contributed by atoms with van der Waals surface area (Å²) in [6.45, 7) is 7.52. The zero-order chi connectivity index (χ0) is 17.8. The number of phenolic OH excluding ortho intramolecular Hbond substituents is 1. The van der Waals surface area contributed by atoms with Gasteiger partial charge < -0.3 is 9.84 Å². The van der Waals surface area contributed by atoms with E-state index in [9.17, 15) is 5.11 Å². The number of hydrogen-bond donors (Lipinski definition) is 2. The number of likely N-dealkylation sites (tertiary alicyclic amines) is 1. The molecule has 1 saturated heterocycles. The van der Waals surface area contributed by atoms with Crippen molar-refractivity contribution in [3.05, 3.63) is 41.2 Å². The van der Waals surface area contributed by atoms with Crippen LogP contribution in [0.5, 0.6) is 11.5 Å². The topological polar surface area (TPSA) is 61.4 Å². The molecule has 0 amide bonds. The van der Waals surface area contributed by atoms with Gasteiger partial charge in [0.25, 0.3) is 0 Å². The van der Waals surface area contributed by atoms with E-state index in [0.29, 0.717) is 17.6 Å². The lowest BCUT2D eigenvalue weighted by Crippen LogP contribution is -2.34. The zero-order valence-electron chi connectivity index (χ0n) is 15.5. The summed E-state index contributed by atoms with van der Waals surface area (Å²) in [4.78, 5) is 2.49. The fourth-order valence-corrected chi connectivity index (χ4v) is 3.79. The highest BCUT2D eigenvalue weighted by molar-refractivity contribution is 5.41. The molecule has 0 saturated carbocycles. The Hall–Kier alpha value is -2.01. The van der Waals surface area contributed by atoms with Gasteiger partial charge in [0.15, 0.2) is 11.5 Å². The third-order valence-electron chi connectivity index (χ3n) is 4.94. The minimum Gasteiger partial charge on any atom is -0.504 e. The number of benzene rings is 1. The summed E-state index contributed by atoms with van der Waals surface area (Å²) in [6.07, 6.45) is 5.49. The molecule has 0 radical (unpaired) electrons. The highest BCUT2D eigenvalue weighted by atomic mass is 16.5. The Bertz CT molecular complexity index is 696. The second kappa shape index (κ2) is 7.91. The molecule has 0 bridgehead atoms. The van der Waals surface area contributed by atoms with Crippen LogP contribution in [0.4, 0.5) is 0 Å². The number of methoxy groups -OCH3 is 1. The van der Waals surface area contributed by atoms with Gasteiger partial charge in [-0.3, -0.25) is 10.00 Å². The lowest BCUT2D eigenvalue weighted by Gasteiger charge is -2.33. The Morgan fingerprint density at radius 1 is 1.40 bits per heavy atom. The highest BCUT2D eigenvalue weighted by Gasteiger charge is 2.25. The van der Waals surface area contributed by atoms with Gasteiger partial charge in [0.05, 0.1) is 13.3 Å². The number of hydrogen-bond acceptors (Lipinski definition) is 4. The molecule has 0 aliphatic carbocycles. The average Bonchev–Trinajstić information content (AvgIpc) is 3.04. The summed E-state index contributed by atoms with van der Waals surface area (Å²) in [7, 11) is 1.59. The Balaban J connectivity index is 1.68. The number of H-pyrrole nitrogens is 1. The monoisotopic (exact) mass is 343 g/mol. The quantitative estimate of drug-likeness (QED) is 0.839. The van der Waals surface area contributed by atoms with Gasteiger partial charge in [-0.15, -0.1) is 0 Å². The normalized spacial score (nSPS) is 18.6. The second-order valence-corrected chi connectivity index (χ2v) is 7.49. The number of aromatic hydroxyl groups is 1. The Morgan fingerprint density at radius 3 is 3.00 bits per heavy atom. The molecule has 2 heterocycles. The van der Waals surface area contributed by atoms with E-state index in [1.165, 1.54) is 29.7 Å². The number of aromatic amines is 1. The van der Waals surface area contributed by atoms with Gasteiger partial charge in [0, 0.05) is 24.7 Å². The molecular formula is C20H29N3O2. The van der Waals surface area contributed by atoms with Crippen molar-refractivity contribution < 1.29 is 9.84 Å². The van der Waals surface area contributed by atoms with Gasteiger partial charge in [-0.1, -0.05) is 19.9 Å². The molecule has 1 atom stereocenters. The van der Waals surface area contributed by atoms with Crippen LogP contribution in [-0.4, -0.2) is 40.4 Å². The molecule has 2 N–H and O–H groups in total. The van der Waals surface area contributed by atoms with Crippen LogP contribution in [0.25, 0.3) is 0 Å². The van der Waals surface area contributed by atoms with Crippen LogP contribution in [0.3, 0.4) is 0 Å². The van der Waals surface area contributed by atoms with E-state index in [4.69, 9.17) is 4.74 Å². The van der Waals surface area contributed by atoms with Crippen molar-refractivity contribution in [2.45, 2.75) is 45.6 Å². The SMILES string of the molecule is COc1cc(CN2CCC[C@@H](c3[nH]ncc3CC(C)C)C2)ccc1O. The number of ether oxygens (including phenoxy) is 1. The number of phenols is 1. The predicted octanol–water partition coefficient (Wildman–Crippen LogP) is 3.70. The zero-order valence-corrected chi connectivity index (χ0v) is 15.5. The van der Waals surface area contributed by atoms with E-state index in [2.05, 4.69) is 28.9 Å². The molecule has 0 spiro atoms. The van der Waals surface area contributed by atoms with Crippen molar-refractivity contribution in [2.24, 2.45) is 5.92 Å². The van der Waals surface area contributed by atoms with Gasteiger partial charge in [-0.05, 0) is 55.0 Å². The van der Waals surface area contributed by atoms with Gasteiger partial charge in [0.1, 0.15) is 0 Å². The fourth-order valence-electron chi connectivity index (χ4n) is 3.79. The maximum atomic E-state index is 9.76. The summed E-state index contributed by atoms with van der Waals surface area (Å²) in [5.74, 6) is 1.89. The van der Waals surface area contributed by atoms with E-state index in [1.807, 2.05) is 18.3 Å². The molecule has 1 aromatic heterocycles. The molecule has 1 aliphatic rings. The van der Waals surface area contributed by atoms with Crippen LogP contribution in [-0.2, 0) is 13.0 Å². The van der Waals surface area contributed by atoms with E-state index in [-0.39, 0.29) is 5.75 Å². The molecule has 5 nitrogen and oxygen atoms in total. The van der Waals surface area contributed by atoms with E-state index < -0.39 is 0 Å². The summed E-state index contributed by atoms with van der Waals surface area (Å²) >= 11 is 0. The Kier molecular flexibility index (Phi) is 5.63. The lowest BCUT2D eigenvalue weighted by atomic mass is 9.90. The molecule has 1 fully saturated rings. The molecule has 136 valence electrons. The number of nitrogens with zero attached hydrogens (tertiary/aromatic N) is 2. The Labute approximate surface area is 150 Å². The van der Waals surface area contributed by atoms with Crippen molar-refractivity contribution in [1.82, 2.24) is 15.1 Å². The Morgan fingerprint density at radius 2 is 2.24 bits per heavy atom. The summed E-state index contributed by atoms with van der Waals surface area (Å²) < 4.78 is 5.23. The molecular weight excluding hydrogens is 314 g/mol. The van der Waals surface area contributed by atoms with Crippen LogP contribution >= 0.6 is 0 Å².